The first kappa shape index (κ1) is 17.2. The van der Waals surface area contributed by atoms with Crippen LogP contribution >= 0.6 is 34.2 Å². The van der Waals surface area contributed by atoms with E-state index in [1.165, 1.54) is 0 Å². The molecule has 0 atom stereocenters. The molecule has 2 heterocycles. The van der Waals surface area contributed by atoms with Gasteiger partial charge >= 0.3 is 0 Å². The van der Waals surface area contributed by atoms with Crippen molar-refractivity contribution in [3.63, 3.8) is 0 Å². The molecule has 2 aliphatic rings. The summed E-state index contributed by atoms with van der Waals surface area (Å²) in [5.41, 5.74) is -4.50. The van der Waals surface area contributed by atoms with Gasteiger partial charge in [-0.1, -0.05) is 36.6 Å². The van der Waals surface area contributed by atoms with Gasteiger partial charge in [0.25, 0.3) is 0 Å². The van der Waals surface area contributed by atoms with E-state index < -0.39 is 11.4 Å². The van der Waals surface area contributed by atoms with Gasteiger partial charge in [-0.15, -0.1) is 0 Å². The van der Waals surface area contributed by atoms with Crippen LogP contribution in [-0.2, 0) is 41.7 Å². The van der Waals surface area contributed by atoms with Crippen LogP contribution in [0.5, 0.6) is 0 Å². The maximum Gasteiger partial charge on any atom is 0.247 e. The third kappa shape index (κ3) is 4.41. The molecule has 0 unspecified atom stereocenters. The van der Waals surface area contributed by atoms with Crippen molar-refractivity contribution in [2.24, 2.45) is 5.41 Å². The zero-order chi connectivity index (χ0) is 14.0. The van der Waals surface area contributed by atoms with E-state index in [0.29, 0.717) is 26.4 Å². The Labute approximate surface area is 132 Å². The van der Waals surface area contributed by atoms with Gasteiger partial charge in [0.1, 0.15) is 0 Å². The van der Waals surface area contributed by atoms with Gasteiger partial charge < -0.3 is 18.1 Å². The average molecular weight is 380 g/mol. The molecular formula is C9H18O4P2S4. The van der Waals surface area contributed by atoms with Crippen molar-refractivity contribution in [1.29, 1.82) is 0 Å². The van der Waals surface area contributed by atoms with Crippen LogP contribution < -0.4 is 0 Å². The first-order valence-electron chi connectivity index (χ1n) is 6.02. The topological polar surface area (TPSA) is 36.9 Å². The Hall–Kier alpha value is 1.84. The van der Waals surface area contributed by atoms with Gasteiger partial charge in [-0.2, -0.15) is 0 Å². The van der Waals surface area contributed by atoms with Crippen molar-refractivity contribution in [3.8, 4) is 0 Å². The van der Waals surface area contributed by atoms with E-state index in [4.69, 9.17) is 41.7 Å². The van der Waals surface area contributed by atoms with Crippen LogP contribution in [0.2, 0.25) is 0 Å². The fourth-order valence-electron chi connectivity index (χ4n) is 1.65. The monoisotopic (exact) mass is 380 g/mol. The van der Waals surface area contributed by atoms with Crippen LogP contribution in [0.15, 0.2) is 0 Å². The van der Waals surface area contributed by atoms with Crippen LogP contribution in [-0.4, -0.2) is 37.9 Å². The maximum atomic E-state index is 5.81. The third-order valence-corrected chi connectivity index (χ3v) is 13.5. The molecule has 1 spiro atoms. The highest BCUT2D eigenvalue weighted by atomic mass is 32.9. The SMILES string of the molecule is CCSP1(=S)OCC2(CO1)COP(=S)(SCC)OC2. The predicted octanol–water partition coefficient (Wildman–Crippen LogP) is 4.02. The minimum atomic E-state index is -2.13. The number of hydrogen-bond donors (Lipinski definition) is 0. The molecule has 0 radical (unpaired) electrons. The van der Waals surface area contributed by atoms with Crippen LogP contribution in [0.1, 0.15) is 13.8 Å². The molecule has 2 saturated heterocycles. The quantitative estimate of drug-likeness (QED) is 0.677. The molecule has 0 aromatic heterocycles. The first-order chi connectivity index (χ1) is 8.95. The summed E-state index contributed by atoms with van der Waals surface area (Å²) < 4.78 is 23.2. The Balaban J connectivity index is 1.91. The van der Waals surface area contributed by atoms with Crippen LogP contribution in [0.4, 0.5) is 0 Å². The molecule has 2 aliphatic heterocycles. The summed E-state index contributed by atoms with van der Waals surface area (Å²) in [5, 5.41) is 0. The Morgan fingerprint density at radius 2 is 1.16 bits per heavy atom. The van der Waals surface area contributed by atoms with Crippen LogP contribution in [0.25, 0.3) is 0 Å². The second-order valence-electron chi connectivity index (χ2n) is 4.32. The molecule has 0 saturated carbocycles. The Morgan fingerprint density at radius 1 is 0.842 bits per heavy atom. The molecule has 2 fully saturated rings. The van der Waals surface area contributed by atoms with Crippen molar-refractivity contribution >= 4 is 57.8 Å². The molecule has 112 valence electrons. The zero-order valence-corrected chi connectivity index (χ0v) is 16.0. The molecule has 10 heteroatoms. The summed E-state index contributed by atoms with van der Waals surface area (Å²) in [6.45, 7) is 6.29. The first-order valence-corrected chi connectivity index (χ1v) is 14.5. The molecule has 19 heavy (non-hydrogen) atoms. The Kier molecular flexibility index (Phi) is 6.29. The van der Waals surface area contributed by atoms with Gasteiger partial charge in [-0.05, 0) is 35.1 Å². The van der Waals surface area contributed by atoms with Gasteiger partial charge in [-0.25, -0.2) is 0 Å². The second-order valence-corrected chi connectivity index (χ2v) is 17.5. The van der Waals surface area contributed by atoms with Crippen molar-refractivity contribution in [2.45, 2.75) is 13.8 Å². The van der Waals surface area contributed by atoms with Gasteiger partial charge in [0.05, 0.1) is 31.8 Å². The minimum absolute atomic E-state index is 0.229. The number of hydrogen-bond acceptors (Lipinski definition) is 8. The van der Waals surface area contributed by atoms with E-state index in [-0.39, 0.29) is 5.41 Å². The van der Waals surface area contributed by atoms with Crippen molar-refractivity contribution < 1.29 is 18.1 Å². The third-order valence-electron chi connectivity index (χ3n) is 2.69. The average Bonchev–Trinajstić information content (AvgIpc) is 2.38. The molecule has 0 N–H and O–H groups in total. The highest BCUT2D eigenvalue weighted by molar-refractivity contribution is 8.68. The molecule has 2 rings (SSSR count). The summed E-state index contributed by atoms with van der Waals surface area (Å²) in [6, 6.07) is 0. The fraction of sp³-hybridized carbons (Fsp3) is 1.00. The Morgan fingerprint density at radius 3 is 1.42 bits per heavy atom. The lowest BCUT2D eigenvalue weighted by Crippen LogP contribution is -2.45. The highest BCUT2D eigenvalue weighted by Crippen LogP contribution is 2.68. The molecule has 0 aliphatic carbocycles. The molecule has 0 aromatic carbocycles. The smallest absolute Gasteiger partial charge is 0.247 e. The lowest BCUT2D eigenvalue weighted by atomic mass is 9.93. The standard InChI is InChI=1S/C9H18O4P2S4/c1-3-18-14(16)10-5-9(6-11-14)7-12-15(17,13-8-9)19-4-2/h3-8H2,1-2H3. The largest absolute Gasteiger partial charge is 0.321 e. The van der Waals surface area contributed by atoms with E-state index in [2.05, 4.69) is 13.8 Å². The lowest BCUT2D eigenvalue weighted by molar-refractivity contribution is -0.0485. The summed E-state index contributed by atoms with van der Waals surface area (Å²) in [7, 11) is 0. The summed E-state index contributed by atoms with van der Waals surface area (Å²) in [6.07, 6.45) is 0. The van der Waals surface area contributed by atoms with Crippen LogP contribution in [0.3, 0.4) is 0 Å². The normalized spacial score (nSPS) is 43.5. The van der Waals surface area contributed by atoms with E-state index in [1.807, 2.05) is 0 Å². The van der Waals surface area contributed by atoms with Gasteiger partial charge in [0.2, 0.25) is 11.4 Å². The van der Waals surface area contributed by atoms with Crippen LogP contribution in [0, 0.1) is 5.41 Å². The Bertz CT molecular complexity index is 354. The van der Waals surface area contributed by atoms with Crippen molar-refractivity contribution in [2.75, 3.05) is 37.9 Å². The molecule has 0 bridgehead atoms. The number of rotatable bonds is 4. The van der Waals surface area contributed by atoms with E-state index in [1.54, 1.807) is 22.8 Å². The van der Waals surface area contributed by atoms with E-state index >= 15 is 0 Å². The molecular weight excluding hydrogens is 362 g/mol. The van der Waals surface area contributed by atoms with E-state index in [0.717, 1.165) is 11.5 Å². The van der Waals surface area contributed by atoms with Crippen molar-refractivity contribution in [3.05, 3.63) is 0 Å². The summed E-state index contributed by atoms with van der Waals surface area (Å²) in [4.78, 5) is 0. The van der Waals surface area contributed by atoms with Crippen molar-refractivity contribution in [1.82, 2.24) is 0 Å². The summed E-state index contributed by atoms with van der Waals surface area (Å²) in [5.74, 6) is 1.82. The van der Waals surface area contributed by atoms with E-state index in [9.17, 15) is 0 Å². The second kappa shape index (κ2) is 6.95. The molecule has 0 aromatic rings. The highest BCUT2D eigenvalue weighted by Gasteiger charge is 2.46. The zero-order valence-electron chi connectivity index (χ0n) is 10.9. The van der Waals surface area contributed by atoms with Gasteiger partial charge in [-0.3, -0.25) is 0 Å². The fourth-order valence-corrected chi connectivity index (χ4v) is 10.4. The minimum Gasteiger partial charge on any atom is -0.321 e. The molecule has 0 amide bonds. The maximum absolute atomic E-state index is 5.81. The lowest BCUT2D eigenvalue weighted by Gasteiger charge is -2.44. The molecule has 4 nitrogen and oxygen atoms in total. The van der Waals surface area contributed by atoms with Gasteiger partial charge in [0, 0.05) is 0 Å². The predicted molar refractivity (Wildman–Crippen MR) is 91.1 cm³/mol. The summed E-state index contributed by atoms with van der Waals surface area (Å²) >= 11 is 14.0. The van der Waals surface area contributed by atoms with Gasteiger partial charge in [0.15, 0.2) is 0 Å².